The number of carboxylic acid groups (broad SMARTS) is 1. The zero-order valence-corrected chi connectivity index (χ0v) is 10.4. The number of hydrogen-bond donors (Lipinski definition) is 1. The summed E-state index contributed by atoms with van der Waals surface area (Å²) in [5.41, 5.74) is 0.360. The fraction of sp³-hybridized carbons (Fsp3) is 0.300. The largest absolute Gasteiger partial charge is 0.480 e. The van der Waals surface area contributed by atoms with Gasteiger partial charge in [-0.1, -0.05) is 0 Å². The number of rotatable bonds is 3. The summed E-state index contributed by atoms with van der Waals surface area (Å²) in [4.78, 5) is 27.6. The Morgan fingerprint density at radius 2 is 2.12 bits per heavy atom. The van der Waals surface area contributed by atoms with Gasteiger partial charge in [0.25, 0.3) is 5.91 Å². The van der Waals surface area contributed by atoms with Gasteiger partial charge in [0.15, 0.2) is 0 Å². The number of aromatic nitrogens is 1. The number of hydrogen-bond acceptors (Lipinski definition) is 3. The van der Waals surface area contributed by atoms with Crippen LogP contribution in [0.1, 0.15) is 17.3 Å². The highest BCUT2D eigenvalue weighted by molar-refractivity contribution is 9.10. The van der Waals surface area contributed by atoms with Gasteiger partial charge in [0.05, 0.1) is 5.56 Å². The molecule has 5 nitrogen and oxygen atoms in total. The predicted molar refractivity (Wildman–Crippen MR) is 61.1 cm³/mol. The van der Waals surface area contributed by atoms with Crippen molar-refractivity contribution in [1.82, 2.24) is 9.88 Å². The summed E-state index contributed by atoms with van der Waals surface area (Å²) in [5.74, 6) is -1.41. The minimum absolute atomic E-state index is 0.360. The predicted octanol–water partition coefficient (Wildman–Crippen LogP) is 1.39. The highest BCUT2D eigenvalue weighted by atomic mass is 79.9. The number of pyridine rings is 1. The molecule has 1 unspecified atom stereocenters. The van der Waals surface area contributed by atoms with Crippen LogP contribution in [0.5, 0.6) is 0 Å². The Labute approximate surface area is 101 Å². The van der Waals surface area contributed by atoms with Crippen LogP contribution < -0.4 is 0 Å². The fourth-order valence-corrected chi connectivity index (χ4v) is 1.28. The minimum atomic E-state index is -1.04. The third kappa shape index (κ3) is 2.79. The average Bonchev–Trinajstić information content (AvgIpc) is 2.27. The van der Waals surface area contributed by atoms with Gasteiger partial charge in [0.2, 0.25) is 0 Å². The van der Waals surface area contributed by atoms with Crippen LogP contribution in [0.25, 0.3) is 0 Å². The van der Waals surface area contributed by atoms with Gasteiger partial charge in [-0.15, -0.1) is 0 Å². The summed E-state index contributed by atoms with van der Waals surface area (Å²) in [6.07, 6.45) is 1.40. The Bertz CT molecular complexity index is 405. The van der Waals surface area contributed by atoms with Gasteiger partial charge in [-0.25, -0.2) is 9.78 Å². The second-order valence-electron chi connectivity index (χ2n) is 3.30. The fourth-order valence-electron chi connectivity index (χ4n) is 1.05. The number of halogens is 1. The number of carboxylic acids is 1. The molecule has 1 heterocycles. The molecule has 0 aliphatic carbocycles. The van der Waals surface area contributed by atoms with Crippen LogP contribution in [0.3, 0.4) is 0 Å². The Kier molecular flexibility index (Phi) is 4.00. The number of likely N-dealkylation sites (N-methyl/N-ethyl adjacent to an activating group) is 1. The first-order valence-electron chi connectivity index (χ1n) is 4.55. The van der Waals surface area contributed by atoms with Crippen molar-refractivity contribution in [2.75, 3.05) is 7.05 Å². The molecule has 6 heteroatoms. The molecule has 0 saturated heterocycles. The lowest BCUT2D eigenvalue weighted by Gasteiger charge is -2.21. The van der Waals surface area contributed by atoms with E-state index in [-0.39, 0.29) is 5.91 Å². The molecule has 1 aromatic heterocycles. The quantitative estimate of drug-likeness (QED) is 0.853. The molecule has 86 valence electrons. The monoisotopic (exact) mass is 286 g/mol. The smallest absolute Gasteiger partial charge is 0.326 e. The lowest BCUT2D eigenvalue weighted by molar-refractivity contribution is -0.141. The van der Waals surface area contributed by atoms with Crippen LogP contribution in [0.4, 0.5) is 0 Å². The second-order valence-corrected chi connectivity index (χ2v) is 4.11. The molecule has 1 atom stereocenters. The van der Waals surface area contributed by atoms with Crippen molar-refractivity contribution in [1.29, 1.82) is 0 Å². The van der Waals surface area contributed by atoms with Crippen LogP contribution in [0.15, 0.2) is 22.9 Å². The molecule has 0 aliphatic heterocycles. The second kappa shape index (κ2) is 5.07. The lowest BCUT2D eigenvalue weighted by Crippen LogP contribution is -2.40. The molecule has 0 aromatic carbocycles. The molecule has 1 N–H and O–H groups in total. The first kappa shape index (κ1) is 12.6. The number of amides is 1. The molecule has 1 amide bonds. The number of carbonyl (C=O) groups excluding carboxylic acids is 1. The maximum absolute atomic E-state index is 11.8. The highest BCUT2D eigenvalue weighted by Gasteiger charge is 2.22. The molecule has 0 aliphatic rings. The van der Waals surface area contributed by atoms with E-state index in [4.69, 9.17) is 5.11 Å². The normalized spacial score (nSPS) is 11.9. The summed E-state index contributed by atoms with van der Waals surface area (Å²) in [7, 11) is 1.45. The van der Waals surface area contributed by atoms with Crippen molar-refractivity contribution < 1.29 is 14.7 Å². The minimum Gasteiger partial charge on any atom is -0.480 e. The molecule has 0 fully saturated rings. The summed E-state index contributed by atoms with van der Waals surface area (Å²) >= 11 is 3.15. The molecular weight excluding hydrogens is 276 g/mol. The van der Waals surface area contributed by atoms with Crippen LogP contribution >= 0.6 is 15.9 Å². The van der Waals surface area contributed by atoms with Crippen molar-refractivity contribution in [3.63, 3.8) is 0 Å². The standard InChI is InChI=1S/C10H11BrN2O3/c1-6(10(15)16)13(2)9(14)7-3-4-8(11)12-5-7/h3-6H,1-2H3,(H,15,16). The third-order valence-electron chi connectivity index (χ3n) is 2.23. The Hall–Kier alpha value is -1.43. The van der Waals surface area contributed by atoms with Crippen molar-refractivity contribution in [3.05, 3.63) is 28.5 Å². The summed E-state index contributed by atoms with van der Waals surface area (Å²) in [6.45, 7) is 1.45. The zero-order chi connectivity index (χ0) is 12.3. The Morgan fingerprint density at radius 3 is 2.56 bits per heavy atom. The SMILES string of the molecule is CC(C(=O)O)N(C)C(=O)c1ccc(Br)nc1. The highest BCUT2D eigenvalue weighted by Crippen LogP contribution is 2.09. The van der Waals surface area contributed by atoms with E-state index >= 15 is 0 Å². The van der Waals surface area contributed by atoms with E-state index in [9.17, 15) is 9.59 Å². The van der Waals surface area contributed by atoms with Gasteiger partial charge < -0.3 is 10.0 Å². The van der Waals surface area contributed by atoms with Gasteiger partial charge in [-0.2, -0.15) is 0 Å². The molecule has 1 rings (SSSR count). The first-order chi connectivity index (χ1) is 7.43. The first-order valence-corrected chi connectivity index (χ1v) is 5.34. The molecule has 1 aromatic rings. The van der Waals surface area contributed by atoms with Crippen molar-refractivity contribution >= 4 is 27.8 Å². The molecule has 0 radical (unpaired) electrons. The number of carbonyl (C=O) groups is 2. The van der Waals surface area contributed by atoms with Gasteiger partial charge in [-0.3, -0.25) is 4.79 Å². The average molecular weight is 287 g/mol. The molecule has 0 saturated carbocycles. The maximum atomic E-state index is 11.8. The van der Waals surface area contributed by atoms with Gasteiger partial charge in [-0.05, 0) is 35.0 Å². The molecular formula is C10H11BrN2O3. The van der Waals surface area contributed by atoms with E-state index < -0.39 is 12.0 Å². The third-order valence-corrected chi connectivity index (χ3v) is 2.70. The lowest BCUT2D eigenvalue weighted by atomic mass is 10.2. The van der Waals surface area contributed by atoms with Crippen LogP contribution in [0.2, 0.25) is 0 Å². The van der Waals surface area contributed by atoms with Gasteiger partial charge in [0.1, 0.15) is 10.6 Å². The van der Waals surface area contributed by atoms with E-state index in [1.165, 1.54) is 20.2 Å². The van der Waals surface area contributed by atoms with E-state index in [0.29, 0.717) is 10.2 Å². The zero-order valence-electron chi connectivity index (χ0n) is 8.85. The van der Waals surface area contributed by atoms with Crippen LogP contribution in [-0.2, 0) is 4.79 Å². The number of nitrogens with zero attached hydrogens (tertiary/aromatic N) is 2. The topological polar surface area (TPSA) is 70.5 Å². The summed E-state index contributed by atoms with van der Waals surface area (Å²) in [6, 6.07) is 2.35. The van der Waals surface area contributed by atoms with Crippen molar-refractivity contribution in [3.8, 4) is 0 Å². The van der Waals surface area contributed by atoms with Gasteiger partial charge in [0, 0.05) is 13.2 Å². The molecule has 16 heavy (non-hydrogen) atoms. The van der Waals surface area contributed by atoms with Crippen molar-refractivity contribution in [2.24, 2.45) is 0 Å². The molecule has 0 spiro atoms. The van der Waals surface area contributed by atoms with E-state index in [1.54, 1.807) is 12.1 Å². The summed E-state index contributed by atoms with van der Waals surface area (Å²) < 4.78 is 0.623. The Balaban J connectivity index is 2.86. The van der Waals surface area contributed by atoms with Crippen LogP contribution in [0, 0.1) is 0 Å². The van der Waals surface area contributed by atoms with Crippen molar-refractivity contribution in [2.45, 2.75) is 13.0 Å². The summed E-state index contributed by atoms with van der Waals surface area (Å²) in [5, 5.41) is 8.78. The van der Waals surface area contributed by atoms with E-state index in [2.05, 4.69) is 20.9 Å². The number of aliphatic carboxylic acids is 1. The van der Waals surface area contributed by atoms with Crippen LogP contribution in [-0.4, -0.2) is 40.0 Å². The van der Waals surface area contributed by atoms with E-state index in [1.807, 2.05) is 0 Å². The Morgan fingerprint density at radius 1 is 1.50 bits per heavy atom. The maximum Gasteiger partial charge on any atom is 0.326 e. The molecule has 0 bridgehead atoms. The van der Waals surface area contributed by atoms with Gasteiger partial charge >= 0.3 is 5.97 Å². The van der Waals surface area contributed by atoms with E-state index in [0.717, 1.165) is 4.90 Å².